The summed E-state index contributed by atoms with van der Waals surface area (Å²) in [6, 6.07) is 0. The average Bonchev–Trinajstić information content (AvgIpc) is 2.58. The van der Waals surface area contributed by atoms with Crippen LogP contribution in [0.25, 0.3) is 0 Å². The van der Waals surface area contributed by atoms with Gasteiger partial charge in [0.2, 0.25) is 0 Å². The van der Waals surface area contributed by atoms with Gasteiger partial charge in [0.1, 0.15) is 0 Å². The van der Waals surface area contributed by atoms with Gasteiger partial charge in [-0.3, -0.25) is 4.68 Å². The molecule has 3 nitrogen and oxygen atoms in total. The minimum Gasteiger partial charge on any atom is -0.388 e. The second-order valence-corrected chi connectivity index (χ2v) is 4.27. The Morgan fingerprint density at radius 1 is 1.47 bits per heavy atom. The lowest BCUT2D eigenvalue weighted by Crippen LogP contribution is -2.10. The quantitative estimate of drug-likeness (QED) is 0.810. The molecule has 3 heteroatoms. The first-order valence-corrected chi connectivity index (χ1v) is 5.80. The zero-order valence-corrected chi connectivity index (χ0v) is 10.2. The molecule has 0 aromatic carbocycles. The molecule has 0 radical (unpaired) electrons. The van der Waals surface area contributed by atoms with E-state index in [9.17, 15) is 5.11 Å². The molecular formula is C12H22N2O. The van der Waals surface area contributed by atoms with E-state index in [0.717, 1.165) is 30.5 Å². The highest BCUT2D eigenvalue weighted by atomic mass is 16.3. The lowest BCUT2D eigenvalue weighted by atomic mass is 9.93. The third-order valence-corrected chi connectivity index (χ3v) is 2.87. The molecule has 0 aliphatic heterocycles. The molecule has 0 saturated carbocycles. The zero-order valence-electron chi connectivity index (χ0n) is 10.2. The highest BCUT2D eigenvalue weighted by Crippen LogP contribution is 2.27. The van der Waals surface area contributed by atoms with Crippen LogP contribution in [-0.2, 0) is 13.5 Å². The molecule has 1 heterocycles. The van der Waals surface area contributed by atoms with Crippen molar-refractivity contribution in [2.24, 2.45) is 13.0 Å². The van der Waals surface area contributed by atoms with Crippen molar-refractivity contribution in [3.63, 3.8) is 0 Å². The van der Waals surface area contributed by atoms with Gasteiger partial charge >= 0.3 is 0 Å². The maximum Gasteiger partial charge on any atom is 0.0848 e. The van der Waals surface area contributed by atoms with Crippen LogP contribution in [0, 0.1) is 5.92 Å². The lowest BCUT2D eigenvalue weighted by Gasteiger charge is -2.17. The summed E-state index contributed by atoms with van der Waals surface area (Å²) < 4.78 is 1.79. The van der Waals surface area contributed by atoms with Crippen LogP contribution in [-0.4, -0.2) is 14.9 Å². The van der Waals surface area contributed by atoms with Crippen LogP contribution in [0.2, 0.25) is 0 Å². The van der Waals surface area contributed by atoms with Crippen molar-refractivity contribution in [3.05, 3.63) is 17.5 Å². The van der Waals surface area contributed by atoms with Crippen LogP contribution < -0.4 is 0 Å². The van der Waals surface area contributed by atoms with Gasteiger partial charge < -0.3 is 5.11 Å². The number of aryl methyl sites for hydroxylation is 2. The number of hydrogen-bond acceptors (Lipinski definition) is 2. The van der Waals surface area contributed by atoms with E-state index in [2.05, 4.69) is 25.9 Å². The van der Waals surface area contributed by atoms with E-state index in [-0.39, 0.29) is 6.10 Å². The summed E-state index contributed by atoms with van der Waals surface area (Å²) in [6.45, 7) is 6.32. The average molecular weight is 210 g/mol. The fourth-order valence-corrected chi connectivity index (χ4v) is 1.99. The van der Waals surface area contributed by atoms with E-state index in [1.54, 1.807) is 4.68 Å². The van der Waals surface area contributed by atoms with Crippen molar-refractivity contribution < 1.29 is 5.11 Å². The maximum absolute atomic E-state index is 10.2. The lowest BCUT2D eigenvalue weighted by molar-refractivity contribution is 0.111. The molecule has 1 aromatic heterocycles. The van der Waals surface area contributed by atoms with E-state index in [0.29, 0.717) is 5.92 Å². The molecule has 0 aliphatic carbocycles. The first kappa shape index (κ1) is 12.2. The van der Waals surface area contributed by atoms with Crippen molar-refractivity contribution in [3.8, 4) is 0 Å². The fourth-order valence-electron chi connectivity index (χ4n) is 1.99. The molecule has 0 spiro atoms. The number of aliphatic hydroxyl groups is 1. The SMILES string of the molecule is CCCC(C)C(O)c1cn(C)nc1CC. The highest BCUT2D eigenvalue weighted by Gasteiger charge is 2.20. The van der Waals surface area contributed by atoms with Crippen LogP contribution in [0.4, 0.5) is 0 Å². The molecule has 2 unspecified atom stereocenters. The van der Waals surface area contributed by atoms with Crippen LogP contribution in [0.15, 0.2) is 6.20 Å². The number of nitrogens with zero attached hydrogens (tertiary/aromatic N) is 2. The van der Waals surface area contributed by atoms with E-state index in [1.807, 2.05) is 13.2 Å². The highest BCUT2D eigenvalue weighted by molar-refractivity contribution is 5.20. The Labute approximate surface area is 92.1 Å². The Morgan fingerprint density at radius 2 is 2.13 bits per heavy atom. The standard InChI is InChI=1S/C12H22N2O/c1-5-7-9(3)12(15)10-8-14(4)13-11(10)6-2/h8-9,12,15H,5-7H2,1-4H3. The number of hydrogen-bond donors (Lipinski definition) is 1. The van der Waals surface area contributed by atoms with Gasteiger partial charge in [-0.05, 0) is 18.8 Å². The van der Waals surface area contributed by atoms with Gasteiger partial charge in [0.25, 0.3) is 0 Å². The largest absolute Gasteiger partial charge is 0.388 e. The first-order chi connectivity index (χ1) is 7.10. The van der Waals surface area contributed by atoms with E-state index >= 15 is 0 Å². The smallest absolute Gasteiger partial charge is 0.0848 e. The number of rotatable bonds is 5. The Balaban J connectivity index is 2.84. The Hall–Kier alpha value is -0.830. The summed E-state index contributed by atoms with van der Waals surface area (Å²) in [4.78, 5) is 0. The Bertz CT molecular complexity index is 307. The van der Waals surface area contributed by atoms with Gasteiger partial charge in [-0.15, -0.1) is 0 Å². The molecule has 15 heavy (non-hydrogen) atoms. The van der Waals surface area contributed by atoms with Gasteiger partial charge in [0, 0.05) is 18.8 Å². The van der Waals surface area contributed by atoms with Gasteiger partial charge in [-0.1, -0.05) is 27.2 Å². The molecule has 0 fully saturated rings. The minimum absolute atomic E-state index is 0.310. The van der Waals surface area contributed by atoms with Crippen LogP contribution in [0.5, 0.6) is 0 Å². The normalized spacial score (nSPS) is 15.3. The summed E-state index contributed by atoms with van der Waals surface area (Å²) in [5.74, 6) is 0.310. The number of aromatic nitrogens is 2. The van der Waals surface area contributed by atoms with E-state index in [1.165, 1.54) is 0 Å². The van der Waals surface area contributed by atoms with Gasteiger partial charge in [-0.2, -0.15) is 5.10 Å². The summed E-state index contributed by atoms with van der Waals surface area (Å²) >= 11 is 0. The van der Waals surface area contributed by atoms with E-state index < -0.39 is 0 Å². The minimum atomic E-state index is -0.367. The fraction of sp³-hybridized carbons (Fsp3) is 0.750. The van der Waals surface area contributed by atoms with Crippen molar-refractivity contribution in [1.29, 1.82) is 0 Å². The monoisotopic (exact) mass is 210 g/mol. The van der Waals surface area contributed by atoms with Crippen molar-refractivity contribution in [1.82, 2.24) is 9.78 Å². The van der Waals surface area contributed by atoms with Gasteiger partial charge in [0.15, 0.2) is 0 Å². The molecule has 2 atom stereocenters. The molecular weight excluding hydrogens is 188 g/mol. The summed E-state index contributed by atoms with van der Waals surface area (Å²) in [7, 11) is 1.90. The van der Waals surface area contributed by atoms with Crippen molar-refractivity contribution >= 4 is 0 Å². The molecule has 1 aromatic rings. The van der Waals surface area contributed by atoms with Crippen molar-refractivity contribution in [2.45, 2.75) is 46.1 Å². The molecule has 0 saturated heterocycles. The molecule has 0 aliphatic rings. The molecule has 1 N–H and O–H groups in total. The molecule has 86 valence electrons. The van der Waals surface area contributed by atoms with E-state index in [4.69, 9.17) is 0 Å². The Morgan fingerprint density at radius 3 is 2.67 bits per heavy atom. The Kier molecular flexibility index (Phi) is 4.33. The summed E-state index contributed by atoms with van der Waals surface area (Å²) in [5.41, 5.74) is 2.02. The third kappa shape index (κ3) is 2.81. The van der Waals surface area contributed by atoms with Crippen LogP contribution in [0.3, 0.4) is 0 Å². The number of aliphatic hydroxyl groups excluding tert-OH is 1. The maximum atomic E-state index is 10.2. The predicted octanol–water partition coefficient (Wildman–Crippen LogP) is 2.45. The van der Waals surface area contributed by atoms with Crippen LogP contribution in [0.1, 0.15) is 51.0 Å². The van der Waals surface area contributed by atoms with Crippen LogP contribution >= 0.6 is 0 Å². The van der Waals surface area contributed by atoms with Gasteiger partial charge in [0.05, 0.1) is 11.8 Å². The molecule has 1 rings (SSSR count). The summed E-state index contributed by atoms with van der Waals surface area (Å²) in [6.07, 6.45) is 4.62. The van der Waals surface area contributed by atoms with Crippen molar-refractivity contribution in [2.75, 3.05) is 0 Å². The molecule has 0 amide bonds. The topological polar surface area (TPSA) is 38.0 Å². The van der Waals surface area contributed by atoms with Gasteiger partial charge in [-0.25, -0.2) is 0 Å². The predicted molar refractivity (Wildman–Crippen MR) is 61.6 cm³/mol. The third-order valence-electron chi connectivity index (χ3n) is 2.87. The summed E-state index contributed by atoms with van der Waals surface area (Å²) in [5, 5.41) is 14.5. The zero-order chi connectivity index (χ0) is 11.4. The molecule has 0 bridgehead atoms. The first-order valence-electron chi connectivity index (χ1n) is 5.80. The second kappa shape index (κ2) is 5.31. The second-order valence-electron chi connectivity index (χ2n) is 4.27.